The number of rotatable bonds is 7. The first-order valence-corrected chi connectivity index (χ1v) is 6.87. The molecule has 0 atom stereocenters. The van der Waals surface area contributed by atoms with Gasteiger partial charge in [-0.05, 0) is 43.5 Å². The van der Waals surface area contributed by atoms with Crippen molar-refractivity contribution in [3.63, 3.8) is 0 Å². The highest BCUT2D eigenvalue weighted by Crippen LogP contribution is 2.38. The van der Waals surface area contributed by atoms with E-state index in [0.717, 1.165) is 30.7 Å². The van der Waals surface area contributed by atoms with Crippen molar-refractivity contribution in [1.82, 2.24) is 5.32 Å². The zero-order valence-electron chi connectivity index (χ0n) is 12.5. The molecule has 3 nitrogen and oxygen atoms in total. The number of aryl methyl sites for hydroxylation is 1. The third-order valence-electron chi connectivity index (χ3n) is 3.29. The highest BCUT2D eigenvalue weighted by Gasteiger charge is 2.19. The van der Waals surface area contributed by atoms with E-state index >= 15 is 0 Å². The van der Waals surface area contributed by atoms with Crippen LogP contribution in [0.1, 0.15) is 25.8 Å². The van der Waals surface area contributed by atoms with Crippen LogP contribution < -0.4 is 14.8 Å². The molecule has 4 heteroatoms. The average Bonchev–Trinajstić information content (AvgIpc) is 2.36. The number of methoxy groups -OCH3 is 2. The fraction of sp³-hybridized carbons (Fsp3) is 0.600. The Bertz CT molecular complexity index is 419. The monoisotopic (exact) mass is 285 g/mol. The SMILES string of the molecule is CNCC(C)(C)CCc1ccc(OC)c(Cl)c1OC. The summed E-state index contributed by atoms with van der Waals surface area (Å²) in [5.41, 5.74) is 1.36. The van der Waals surface area contributed by atoms with Crippen molar-refractivity contribution >= 4 is 11.6 Å². The van der Waals surface area contributed by atoms with E-state index in [2.05, 4.69) is 19.2 Å². The molecular formula is C15H24ClNO2. The minimum Gasteiger partial charge on any atom is -0.495 e. The molecule has 0 spiro atoms. The Morgan fingerprint density at radius 2 is 1.89 bits per heavy atom. The van der Waals surface area contributed by atoms with Crippen molar-refractivity contribution in [2.75, 3.05) is 27.8 Å². The maximum absolute atomic E-state index is 6.26. The number of hydrogen-bond acceptors (Lipinski definition) is 3. The second kappa shape index (κ2) is 7.01. The molecule has 0 bridgehead atoms. The molecule has 0 aliphatic rings. The van der Waals surface area contributed by atoms with E-state index < -0.39 is 0 Å². The predicted octanol–water partition coefficient (Wildman–Crippen LogP) is 3.54. The maximum Gasteiger partial charge on any atom is 0.144 e. The molecule has 0 aliphatic carbocycles. The van der Waals surface area contributed by atoms with Gasteiger partial charge in [0.25, 0.3) is 0 Å². The first-order chi connectivity index (χ1) is 8.95. The van der Waals surface area contributed by atoms with Crippen LogP contribution in [0.4, 0.5) is 0 Å². The van der Waals surface area contributed by atoms with Gasteiger partial charge in [0, 0.05) is 0 Å². The van der Waals surface area contributed by atoms with E-state index in [1.54, 1.807) is 14.2 Å². The summed E-state index contributed by atoms with van der Waals surface area (Å²) in [6.07, 6.45) is 1.99. The van der Waals surface area contributed by atoms with Crippen molar-refractivity contribution in [3.05, 3.63) is 22.7 Å². The fourth-order valence-corrected chi connectivity index (χ4v) is 2.53. The van der Waals surface area contributed by atoms with E-state index in [4.69, 9.17) is 21.1 Å². The van der Waals surface area contributed by atoms with Crippen LogP contribution in [0.3, 0.4) is 0 Å². The molecule has 0 unspecified atom stereocenters. The summed E-state index contributed by atoms with van der Waals surface area (Å²) < 4.78 is 10.6. The van der Waals surface area contributed by atoms with Gasteiger partial charge in [-0.15, -0.1) is 0 Å². The number of halogens is 1. The van der Waals surface area contributed by atoms with Gasteiger partial charge in [0.1, 0.15) is 16.5 Å². The van der Waals surface area contributed by atoms with Gasteiger partial charge in [-0.2, -0.15) is 0 Å². The molecule has 0 radical (unpaired) electrons. The molecule has 0 saturated carbocycles. The third-order valence-corrected chi connectivity index (χ3v) is 3.65. The highest BCUT2D eigenvalue weighted by molar-refractivity contribution is 6.33. The van der Waals surface area contributed by atoms with Crippen molar-refractivity contribution in [1.29, 1.82) is 0 Å². The molecule has 1 N–H and O–H groups in total. The molecule has 0 saturated heterocycles. The average molecular weight is 286 g/mol. The minimum atomic E-state index is 0.242. The fourth-order valence-electron chi connectivity index (χ4n) is 2.19. The summed E-state index contributed by atoms with van der Waals surface area (Å²) in [4.78, 5) is 0. The van der Waals surface area contributed by atoms with Crippen molar-refractivity contribution < 1.29 is 9.47 Å². The van der Waals surface area contributed by atoms with Gasteiger partial charge < -0.3 is 14.8 Å². The number of ether oxygens (including phenoxy) is 2. The molecule has 0 aliphatic heterocycles. The van der Waals surface area contributed by atoms with Crippen LogP contribution >= 0.6 is 11.6 Å². The topological polar surface area (TPSA) is 30.5 Å². The highest BCUT2D eigenvalue weighted by atomic mass is 35.5. The van der Waals surface area contributed by atoms with E-state index in [9.17, 15) is 0 Å². The van der Waals surface area contributed by atoms with Gasteiger partial charge in [0.2, 0.25) is 0 Å². The van der Waals surface area contributed by atoms with Crippen LogP contribution in [-0.2, 0) is 6.42 Å². The molecule has 1 aromatic carbocycles. The molecular weight excluding hydrogens is 262 g/mol. The van der Waals surface area contributed by atoms with Crippen LogP contribution in [0, 0.1) is 5.41 Å². The maximum atomic E-state index is 6.26. The lowest BCUT2D eigenvalue weighted by molar-refractivity contribution is 0.321. The van der Waals surface area contributed by atoms with Crippen molar-refractivity contribution in [2.45, 2.75) is 26.7 Å². The van der Waals surface area contributed by atoms with Crippen molar-refractivity contribution in [2.24, 2.45) is 5.41 Å². The number of nitrogens with one attached hydrogen (secondary N) is 1. The normalized spacial score (nSPS) is 11.5. The molecule has 0 amide bonds. The Morgan fingerprint density at radius 1 is 1.21 bits per heavy atom. The van der Waals surface area contributed by atoms with Gasteiger partial charge in [-0.1, -0.05) is 31.5 Å². The molecule has 108 valence electrons. The summed E-state index contributed by atoms with van der Waals surface area (Å²) in [7, 11) is 5.23. The Hall–Kier alpha value is -0.930. The van der Waals surface area contributed by atoms with Gasteiger partial charge in [0.15, 0.2) is 0 Å². The van der Waals surface area contributed by atoms with Gasteiger partial charge in [-0.3, -0.25) is 0 Å². The van der Waals surface area contributed by atoms with Crippen LogP contribution in [0.25, 0.3) is 0 Å². The van der Waals surface area contributed by atoms with Gasteiger partial charge >= 0.3 is 0 Å². The lowest BCUT2D eigenvalue weighted by Crippen LogP contribution is -2.27. The largest absolute Gasteiger partial charge is 0.495 e. The Balaban J connectivity index is 2.87. The van der Waals surface area contributed by atoms with Crippen LogP contribution in [0.5, 0.6) is 11.5 Å². The summed E-state index contributed by atoms with van der Waals surface area (Å²) in [6.45, 7) is 5.49. The molecule has 0 fully saturated rings. The second-order valence-corrected chi connectivity index (χ2v) is 5.85. The summed E-state index contributed by atoms with van der Waals surface area (Å²) in [5.74, 6) is 1.37. The second-order valence-electron chi connectivity index (χ2n) is 5.47. The number of benzene rings is 1. The van der Waals surface area contributed by atoms with Gasteiger partial charge in [0.05, 0.1) is 14.2 Å². The molecule has 1 rings (SSSR count). The molecule has 0 aromatic heterocycles. The first-order valence-electron chi connectivity index (χ1n) is 6.49. The predicted molar refractivity (Wildman–Crippen MR) is 80.6 cm³/mol. The standard InChI is InChI=1S/C15H24ClNO2/c1-15(2,10-17-3)9-8-11-6-7-12(18-4)13(16)14(11)19-5/h6-7,17H,8-10H2,1-5H3. The van der Waals surface area contributed by atoms with Crippen LogP contribution in [0.15, 0.2) is 12.1 Å². The quantitative estimate of drug-likeness (QED) is 0.831. The van der Waals surface area contributed by atoms with E-state index in [0.29, 0.717) is 10.8 Å². The van der Waals surface area contributed by atoms with Crippen LogP contribution in [-0.4, -0.2) is 27.8 Å². The molecule has 19 heavy (non-hydrogen) atoms. The lowest BCUT2D eigenvalue weighted by Gasteiger charge is -2.24. The summed E-state index contributed by atoms with van der Waals surface area (Å²) in [6, 6.07) is 3.92. The zero-order chi connectivity index (χ0) is 14.5. The Morgan fingerprint density at radius 3 is 2.42 bits per heavy atom. The summed E-state index contributed by atoms with van der Waals surface area (Å²) in [5, 5.41) is 3.78. The smallest absolute Gasteiger partial charge is 0.144 e. The van der Waals surface area contributed by atoms with E-state index in [-0.39, 0.29) is 5.41 Å². The zero-order valence-corrected chi connectivity index (χ0v) is 13.2. The molecule has 0 heterocycles. The van der Waals surface area contributed by atoms with Crippen molar-refractivity contribution in [3.8, 4) is 11.5 Å². The lowest BCUT2D eigenvalue weighted by atomic mass is 9.86. The van der Waals surface area contributed by atoms with Gasteiger partial charge in [-0.25, -0.2) is 0 Å². The molecule has 1 aromatic rings. The van der Waals surface area contributed by atoms with E-state index in [1.165, 1.54) is 0 Å². The number of hydrogen-bond donors (Lipinski definition) is 1. The minimum absolute atomic E-state index is 0.242. The first kappa shape index (κ1) is 16.1. The van der Waals surface area contributed by atoms with Crippen LogP contribution in [0.2, 0.25) is 5.02 Å². The Labute approximate surface area is 121 Å². The van der Waals surface area contributed by atoms with E-state index in [1.807, 2.05) is 19.2 Å². The Kier molecular flexibility index (Phi) is 5.95. The summed E-state index contributed by atoms with van der Waals surface area (Å²) >= 11 is 6.26. The third kappa shape index (κ3) is 4.29.